The number of hydrogen-bond acceptors (Lipinski definition) is 1. The molecule has 3 aromatic carbocycles. The molecule has 0 spiro atoms. The first kappa shape index (κ1) is 38.9. The standard InChI is InChI=1S/C46H70O/c1-7-9-11-13-15-17-19-21-28-40-30-23-25-32-42(40)36(3)37(4)44-34-27-35-45(47)46(44)39(6)38(5)43-33-26-24-31-41(43)29-22-20-18-16-14-12-10-8-2/h23-27,30-39,47H,7-22,28-29H2,1-6H3. The largest absolute Gasteiger partial charge is 0.508 e. The van der Waals surface area contributed by atoms with Gasteiger partial charge in [-0.2, -0.15) is 0 Å². The smallest absolute Gasteiger partial charge is 0.119 e. The van der Waals surface area contributed by atoms with Crippen molar-refractivity contribution < 1.29 is 5.11 Å². The average molecular weight is 639 g/mol. The van der Waals surface area contributed by atoms with Crippen molar-refractivity contribution in [1.29, 1.82) is 0 Å². The third-order valence-corrected chi connectivity index (χ3v) is 11.3. The number of rotatable bonds is 24. The van der Waals surface area contributed by atoms with E-state index in [1.54, 1.807) is 0 Å². The second-order valence-corrected chi connectivity index (χ2v) is 14.8. The molecule has 1 nitrogen and oxygen atoms in total. The minimum absolute atomic E-state index is 0.216. The number of phenols is 1. The van der Waals surface area contributed by atoms with Gasteiger partial charge in [-0.15, -0.1) is 0 Å². The van der Waals surface area contributed by atoms with Crippen molar-refractivity contribution in [2.45, 2.75) is 181 Å². The lowest BCUT2D eigenvalue weighted by atomic mass is 9.74. The SMILES string of the molecule is CCCCCCCCCCc1ccccc1C(C)C(C)c1cccc(O)c1C(C)C(C)c1ccccc1CCCCCCCCCC. The quantitative estimate of drug-likeness (QED) is 0.0968. The Morgan fingerprint density at radius 1 is 0.404 bits per heavy atom. The van der Waals surface area contributed by atoms with Gasteiger partial charge in [0.2, 0.25) is 0 Å². The minimum atomic E-state index is 0.216. The first-order valence-electron chi connectivity index (χ1n) is 19.9. The Bertz CT molecular complexity index is 1260. The second kappa shape index (κ2) is 22.2. The van der Waals surface area contributed by atoms with E-state index in [9.17, 15) is 5.11 Å². The lowest BCUT2D eigenvalue weighted by Crippen LogP contribution is -2.14. The van der Waals surface area contributed by atoms with Gasteiger partial charge in [-0.05, 0) is 83.2 Å². The molecular formula is C46H70O. The summed E-state index contributed by atoms with van der Waals surface area (Å²) in [5, 5.41) is 11.4. The zero-order valence-corrected chi connectivity index (χ0v) is 31.3. The first-order chi connectivity index (χ1) is 22.9. The predicted molar refractivity (Wildman–Crippen MR) is 207 cm³/mol. The highest BCUT2D eigenvalue weighted by atomic mass is 16.3. The van der Waals surface area contributed by atoms with Crippen LogP contribution in [-0.2, 0) is 12.8 Å². The lowest BCUT2D eigenvalue weighted by Gasteiger charge is -2.30. The average Bonchev–Trinajstić information content (AvgIpc) is 3.09. The molecule has 3 rings (SSSR count). The van der Waals surface area contributed by atoms with Crippen molar-refractivity contribution in [1.82, 2.24) is 0 Å². The predicted octanol–water partition coefficient (Wildman–Crippen LogP) is 14.6. The van der Waals surface area contributed by atoms with E-state index in [0.717, 1.165) is 18.4 Å². The van der Waals surface area contributed by atoms with Crippen LogP contribution >= 0.6 is 0 Å². The highest BCUT2D eigenvalue weighted by Crippen LogP contribution is 2.45. The van der Waals surface area contributed by atoms with E-state index >= 15 is 0 Å². The van der Waals surface area contributed by atoms with Gasteiger partial charge in [0.25, 0.3) is 0 Å². The Morgan fingerprint density at radius 3 is 1.23 bits per heavy atom. The van der Waals surface area contributed by atoms with Crippen molar-refractivity contribution >= 4 is 0 Å². The van der Waals surface area contributed by atoms with Crippen LogP contribution in [0.5, 0.6) is 5.75 Å². The normalized spacial score (nSPS) is 14.2. The number of hydrogen-bond donors (Lipinski definition) is 1. The van der Waals surface area contributed by atoms with Crippen LogP contribution in [0, 0.1) is 0 Å². The molecule has 1 heteroatoms. The summed E-state index contributed by atoms with van der Waals surface area (Å²) in [5.74, 6) is 1.67. The summed E-state index contributed by atoms with van der Waals surface area (Å²) >= 11 is 0. The molecule has 3 aromatic rings. The molecule has 0 amide bonds. The number of benzene rings is 3. The molecule has 1 N–H and O–H groups in total. The van der Waals surface area contributed by atoms with Crippen molar-refractivity contribution in [2.24, 2.45) is 0 Å². The Balaban J connectivity index is 1.69. The van der Waals surface area contributed by atoms with Gasteiger partial charge in [0.15, 0.2) is 0 Å². The van der Waals surface area contributed by atoms with Gasteiger partial charge in [0.1, 0.15) is 5.75 Å². The Kier molecular flexibility index (Phi) is 18.3. The van der Waals surface area contributed by atoms with Crippen LogP contribution in [-0.4, -0.2) is 5.11 Å². The molecule has 0 radical (unpaired) electrons. The van der Waals surface area contributed by atoms with Gasteiger partial charge in [-0.3, -0.25) is 0 Å². The molecule has 260 valence electrons. The third-order valence-electron chi connectivity index (χ3n) is 11.3. The van der Waals surface area contributed by atoms with E-state index < -0.39 is 0 Å². The van der Waals surface area contributed by atoms with Gasteiger partial charge in [0.05, 0.1) is 0 Å². The summed E-state index contributed by atoms with van der Waals surface area (Å²) in [6, 6.07) is 24.5. The van der Waals surface area contributed by atoms with Crippen molar-refractivity contribution in [3.05, 3.63) is 100 Å². The fraction of sp³-hybridized carbons (Fsp3) is 0.609. The molecule has 4 atom stereocenters. The topological polar surface area (TPSA) is 20.2 Å². The molecule has 0 aliphatic carbocycles. The highest BCUT2D eigenvalue weighted by molar-refractivity contribution is 5.47. The number of aromatic hydroxyl groups is 1. The zero-order chi connectivity index (χ0) is 33.9. The first-order valence-corrected chi connectivity index (χ1v) is 19.9. The van der Waals surface area contributed by atoms with Crippen LogP contribution in [0.15, 0.2) is 66.7 Å². The minimum Gasteiger partial charge on any atom is -0.508 e. The summed E-state index contributed by atoms with van der Waals surface area (Å²) in [6.07, 6.45) is 24.0. The van der Waals surface area contributed by atoms with Crippen molar-refractivity contribution in [3.63, 3.8) is 0 Å². The molecule has 0 heterocycles. The number of aryl methyl sites for hydroxylation is 2. The van der Waals surface area contributed by atoms with Gasteiger partial charge in [-0.25, -0.2) is 0 Å². The summed E-state index contributed by atoms with van der Waals surface area (Å²) in [5.41, 5.74) is 8.38. The molecule has 0 aliphatic rings. The van der Waals surface area contributed by atoms with Gasteiger partial charge in [0, 0.05) is 5.56 Å². The summed E-state index contributed by atoms with van der Waals surface area (Å²) in [6.45, 7) is 14.1. The molecular weight excluding hydrogens is 569 g/mol. The van der Waals surface area contributed by atoms with Crippen LogP contribution in [0.3, 0.4) is 0 Å². The molecule has 0 fully saturated rings. The molecule has 0 bridgehead atoms. The van der Waals surface area contributed by atoms with Gasteiger partial charge >= 0.3 is 0 Å². The fourth-order valence-corrected chi connectivity index (χ4v) is 7.83. The lowest BCUT2D eigenvalue weighted by molar-refractivity contribution is 0.451. The molecule has 0 aliphatic heterocycles. The van der Waals surface area contributed by atoms with E-state index in [2.05, 4.69) is 102 Å². The van der Waals surface area contributed by atoms with Gasteiger partial charge < -0.3 is 5.11 Å². The summed E-state index contributed by atoms with van der Waals surface area (Å²) in [4.78, 5) is 0. The molecule has 0 saturated heterocycles. The van der Waals surface area contributed by atoms with Crippen molar-refractivity contribution in [3.8, 4) is 5.75 Å². The molecule has 47 heavy (non-hydrogen) atoms. The van der Waals surface area contributed by atoms with E-state index in [1.807, 2.05) is 6.07 Å². The number of phenolic OH excluding ortho intramolecular Hbond substituents is 1. The van der Waals surface area contributed by atoms with Crippen LogP contribution in [0.2, 0.25) is 0 Å². The van der Waals surface area contributed by atoms with Crippen LogP contribution < -0.4 is 0 Å². The second-order valence-electron chi connectivity index (χ2n) is 14.8. The maximum Gasteiger partial charge on any atom is 0.119 e. The van der Waals surface area contributed by atoms with Crippen LogP contribution in [0.4, 0.5) is 0 Å². The van der Waals surface area contributed by atoms with Gasteiger partial charge in [-0.1, -0.05) is 192 Å². The van der Waals surface area contributed by atoms with E-state index in [-0.39, 0.29) is 5.92 Å². The summed E-state index contributed by atoms with van der Waals surface area (Å²) in [7, 11) is 0. The highest BCUT2D eigenvalue weighted by Gasteiger charge is 2.28. The van der Waals surface area contributed by atoms with E-state index in [4.69, 9.17) is 0 Å². The maximum atomic E-state index is 11.4. The maximum absolute atomic E-state index is 11.4. The van der Waals surface area contributed by atoms with Crippen LogP contribution in [0.1, 0.15) is 201 Å². The Morgan fingerprint density at radius 2 is 0.766 bits per heavy atom. The van der Waals surface area contributed by atoms with Crippen LogP contribution in [0.25, 0.3) is 0 Å². The van der Waals surface area contributed by atoms with E-state index in [0.29, 0.717) is 23.5 Å². The van der Waals surface area contributed by atoms with Crippen molar-refractivity contribution in [2.75, 3.05) is 0 Å². The Hall–Kier alpha value is -2.54. The van der Waals surface area contributed by atoms with E-state index in [1.165, 1.54) is 131 Å². The number of unbranched alkanes of at least 4 members (excludes halogenated alkanes) is 14. The Labute approximate surface area is 291 Å². The summed E-state index contributed by atoms with van der Waals surface area (Å²) < 4.78 is 0. The molecule has 0 aromatic heterocycles. The zero-order valence-electron chi connectivity index (χ0n) is 31.3. The monoisotopic (exact) mass is 639 g/mol. The molecule has 0 saturated carbocycles. The molecule has 4 unspecified atom stereocenters. The fourth-order valence-electron chi connectivity index (χ4n) is 7.83. The third kappa shape index (κ3) is 12.5.